The summed E-state index contributed by atoms with van der Waals surface area (Å²) in [5, 5.41) is 5.45. The molecule has 0 spiro atoms. The zero-order valence-electron chi connectivity index (χ0n) is 16.3. The van der Waals surface area contributed by atoms with E-state index in [1.807, 2.05) is 36.4 Å². The molecule has 150 valence electrons. The minimum absolute atomic E-state index is 0.325. The van der Waals surface area contributed by atoms with Crippen LogP contribution in [0.5, 0.6) is 0 Å². The molecule has 30 heavy (non-hydrogen) atoms. The number of hydrogen-bond acceptors (Lipinski definition) is 5. The summed E-state index contributed by atoms with van der Waals surface area (Å²) in [6.45, 7) is 0.817. The van der Waals surface area contributed by atoms with E-state index >= 15 is 0 Å². The van der Waals surface area contributed by atoms with Gasteiger partial charge in [0.15, 0.2) is 11.2 Å². The maximum Gasteiger partial charge on any atom is 0.329 e. The lowest BCUT2D eigenvalue weighted by molar-refractivity contribution is 0.517. The van der Waals surface area contributed by atoms with Crippen LogP contribution in [0.1, 0.15) is 11.3 Å². The van der Waals surface area contributed by atoms with Crippen molar-refractivity contribution in [3.63, 3.8) is 0 Å². The Morgan fingerprint density at radius 3 is 2.73 bits per heavy atom. The SMILES string of the molecule is Cn1c(=O)[nH]c(=O)c2c1nc(NCc1ccco1)n2Cc1cccc2ccccc12. The molecule has 0 aliphatic rings. The first-order chi connectivity index (χ1) is 14.6. The number of anilines is 1. The zero-order valence-corrected chi connectivity index (χ0v) is 16.3. The van der Waals surface area contributed by atoms with Crippen molar-refractivity contribution in [1.29, 1.82) is 0 Å². The Bertz CT molecular complexity index is 1470. The van der Waals surface area contributed by atoms with Crippen LogP contribution in [-0.2, 0) is 20.1 Å². The van der Waals surface area contributed by atoms with Gasteiger partial charge in [-0.3, -0.25) is 18.9 Å². The highest BCUT2D eigenvalue weighted by molar-refractivity contribution is 5.86. The van der Waals surface area contributed by atoms with Gasteiger partial charge in [-0.2, -0.15) is 4.98 Å². The fourth-order valence-electron chi connectivity index (χ4n) is 3.70. The first kappa shape index (κ1) is 18.0. The van der Waals surface area contributed by atoms with Gasteiger partial charge in [-0.1, -0.05) is 42.5 Å². The summed E-state index contributed by atoms with van der Waals surface area (Å²) < 4.78 is 8.53. The maximum atomic E-state index is 12.7. The third-order valence-corrected chi connectivity index (χ3v) is 5.22. The molecule has 2 N–H and O–H groups in total. The summed E-state index contributed by atoms with van der Waals surface area (Å²) in [6.07, 6.45) is 1.60. The molecular formula is C22H19N5O3. The largest absolute Gasteiger partial charge is 0.467 e. The molecule has 3 aromatic heterocycles. The van der Waals surface area contributed by atoms with Gasteiger partial charge in [-0.05, 0) is 28.5 Å². The number of H-pyrrole nitrogens is 1. The van der Waals surface area contributed by atoms with Gasteiger partial charge in [0.2, 0.25) is 5.95 Å². The molecule has 8 heteroatoms. The number of furan rings is 1. The van der Waals surface area contributed by atoms with E-state index in [1.54, 1.807) is 17.9 Å². The number of benzene rings is 2. The molecule has 5 rings (SSSR count). The van der Waals surface area contributed by atoms with E-state index in [0.29, 0.717) is 30.2 Å². The summed E-state index contributed by atoms with van der Waals surface area (Å²) in [6, 6.07) is 17.8. The third-order valence-electron chi connectivity index (χ3n) is 5.22. The zero-order chi connectivity index (χ0) is 20.7. The van der Waals surface area contributed by atoms with Gasteiger partial charge in [0, 0.05) is 7.05 Å². The minimum Gasteiger partial charge on any atom is -0.467 e. The minimum atomic E-state index is -0.500. The molecule has 0 radical (unpaired) electrons. The van der Waals surface area contributed by atoms with Crippen molar-refractivity contribution in [3.8, 4) is 0 Å². The van der Waals surface area contributed by atoms with Crippen LogP contribution in [0.3, 0.4) is 0 Å². The van der Waals surface area contributed by atoms with E-state index in [4.69, 9.17) is 4.42 Å². The van der Waals surface area contributed by atoms with Crippen LogP contribution in [-0.4, -0.2) is 19.1 Å². The van der Waals surface area contributed by atoms with Crippen LogP contribution in [0.15, 0.2) is 74.9 Å². The van der Waals surface area contributed by atoms with E-state index in [-0.39, 0.29) is 0 Å². The normalized spacial score (nSPS) is 11.4. The van der Waals surface area contributed by atoms with Crippen LogP contribution in [0, 0.1) is 0 Å². The van der Waals surface area contributed by atoms with Gasteiger partial charge in [0.1, 0.15) is 5.76 Å². The molecule has 0 amide bonds. The lowest BCUT2D eigenvalue weighted by atomic mass is 10.0. The Balaban J connectivity index is 1.68. The Morgan fingerprint density at radius 1 is 1.07 bits per heavy atom. The van der Waals surface area contributed by atoms with E-state index in [9.17, 15) is 9.59 Å². The van der Waals surface area contributed by atoms with Crippen molar-refractivity contribution in [2.45, 2.75) is 13.1 Å². The molecule has 0 saturated heterocycles. The number of aromatic amines is 1. The smallest absolute Gasteiger partial charge is 0.329 e. The monoisotopic (exact) mass is 401 g/mol. The van der Waals surface area contributed by atoms with Crippen LogP contribution < -0.4 is 16.6 Å². The van der Waals surface area contributed by atoms with Crippen LogP contribution in [0.25, 0.3) is 21.9 Å². The molecule has 3 heterocycles. The second-order valence-corrected chi connectivity index (χ2v) is 7.08. The molecule has 0 bridgehead atoms. The second kappa shape index (κ2) is 7.07. The average Bonchev–Trinajstić information content (AvgIpc) is 3.39. The average molecular weight is 401 g/mol. The molecule has 0 aliphatic carbocycles. The molecule has 0 aliphatic heterocycles. The second-order valence-electron chi connectivity index (χ2n) is 7.08. The summed E-state index contributed by atoms with van der Waals surface area (Å²) in [4.78, 5) is 31.7. The number of rotatable bonds is 5. The lowest BCUT2D eigenvalue weighted by Gasteiger charge is -2.12. The van der Waals surface area contributed by atoms with E-state index < -0.39 is 11.2 Å². The quantitative estimate of drug-likeness (QED) is 0.472. The number of nitrogens with zero attached hydrogens (tertiary/aromatic N) is 3. The Labute approximate surface area is 170 Å². The molecule has 0 fully saturated rings. The van der Waals surface area contributed by atoms with Crippen molar-refractivity contribution >= 4 is 27.9 Å². The summed E-state index contributed by atoms with van der Waals surface area (Å²) in [5.41, 5.74) is 0.742. The fourth-order valence-corrected chi connectivity index (χ4v) is 3.70. The molecule has 0 unspecified atom stereocenters. The fraction of sp³-hybridized carbons (Fsp3) is 0.136. The maximum absolute atomic E-state index is 12.7. The highest BCUT2D eigenvalue weighted by Gasteiger charge is 2.18. The first-order valence-electron chi connectivity index (χ1n) is 9.54. The topological polar surface area (TPSA) is 97.8 Å². The summed E-state index contributed by atoms with van der Waals surface area (Å²) in [5.74, 6) is 1.22. The van der Waals surface area contributed by atoms with Crippen molar-refractivity contribution in [3.05, 3.63) is 93.0 Å². The standard InChI is InChI=1S/C22H19N5O3/c1-26-19-18(20(28)25-22(26)29)27(21(24-19)23-12-16-9-5-11-30-16)13-15-8-4-7-14-6-2-3-10-17(14)15/h2-11H,12-13H2,1H3,(H,23,24)(H,25,28,29). The molecule has 0 atom stereocenters. The number of imidazole rings is 1. The molecule has 0 saturated carbocycles. The number of aromatic nitrogens is 4. The highest BCUT2D eigenvalue weighted by Crippen LogP contribution is 2.23. The molecular weight excluding hydrogens is 382 g/mol. The van der Waals surface area contributed by atoms with Gasteiger partial charge < -0.3 is 9.73 Å². The molecule has 2 aromatic carbocycles. The predicted molar refractivity (Wildman–Crippen MR) is 115 cm³/mol. The molecule has 5 aromatic rings. The number of nitrogens with one attached hydrogen (secondary N) is 2. The third kappa shape index (κ3) is 2.98. The van der Waals surface area contributed by atoms with Gasteiger partial charge in [-0.25, -0.2) is 4.79 Å². The van der Waals surface area contributed by atoms with Crippen molar-refractivity contribution in [2.24, 2.45) is 7.05 Å². The van der Waals surface area contributed by atoms with Crippen molar-refractivity contribution in [2.75, 3.05) is 5.32 Å². The Hall–Kier alpha value is -4.07. The number of fused-ring (bicyclic) bond motifs is 2. The van der Waals surface area contributed by atoms with Crippen LogP contribution in [0.4, 0.5) is 5.95 Å². The Kier molecular flexibility index (Phi) is 4.24. The van der Waals surface area contributed by atoms with Gasteiger partial charge in [0.25, 0.3) is 5.56 Å². The highest BCUT2D eigenvalue weighted by atomic mass is 16.3. The van der Waals surface area contributed by atoms with Crippen LogP contribution in [0.2, 0.25) is 0 Å². The summed E-state index contributed by atoms with van der Waals surface area (Å²) >= 11 is 0. The van der Waals surface area contributed by atoms with Gasteiger partial charge in [0.05, 0.1) is 19.4 Å². The van der Waals surface area contributed by atoms with Crippen molar-refractivity contribution < 1.29 is 4.42 Å². The van der Waals surface area contributed by atoms with E-state index in [0.717, 1.165) is 22.1 Å². The first-order valence-corrected chi connectivity index (χ1v) is 9.54. The van der Waals surface area contributed by atoms with Crippen LogP contribution >= 0.6 is 0 Å². The molecule has 8 nitrogen and oxygen atoms in total. The number of hydrogen-bond donors (Lipinski definition) is 2. The lowest BCUT2D eigenvalue weighted by Crippen LogP contribution is -2.29. The Morgan fingerprint density at radius 2 is 1.90 bits per heavy atom. The van der Waals surface area contributed by atoms with Gasteiger partial charge >= 0.3 is 5.69 Å². The van der Waals surface area contributed by atoms with E-state index in [1.165, 1.54) is 4.57 Å². The predicted octanol–water partition coefficient (Wildman–Crippen LogP) is 2.83. The number of aryl methyl sites for hydroxylation is 1. The van der Waals surface area contributed by atoms with E-state index in [2.05, 4.69) is 33.5 Å². The summed E-state index contributed by atoms with van der Waals surface area (Å²) in [7, 11) is 1.59. The van der Waals surface area contributed by atoms with Gasteiger partial charge in [-0.15, -0.1) is 0 Å². The van der Waals surface area contributed by atoms with Crippen molar-refractivity contribution in [1.82, 2.24) is 19.1 Å².